The molecule has 0 radical (unpaired) electrons. The smallest absolute Gasteiger partial charge is 0.187 e. The van der Waals surface area contributed by atoms with Gasteiger partial charge in [-0.2, -0.15) is 0 Å². The Morgan fingerprint density at radius 3 is 2.06 bits per heavy atom. The summed E-state index contributed by atoms with van der Waals surface area (Å²) in [6, 6.07) is 0. The lowest BCUT2D eigenvalue weighted by atomic mass is 9.41. The van der Waals surface area contributed by atoms with Gasteiger partial charge in [-0.25, -0.2) is 0 Å². The van der Waals surface area contributed by atoms with E-state index in [-0.39, 0.29) is 55.3 Å². The molecule has 14 heteroatoms. The maximum Gasteiger partial charge on any atom is 0.187 e. The maximum absolute atomic E-state index is 12.6. The predicted octanol–water partition coefficient (Wildman–Crippen LogP) is -0.175. The van der Waals surface area contributed by atoms with Crippen LogP contribution in [0.3, 0.4) is 0 Å². The Labute approximate surface area is 306 Å². The average molecular weight is 745 g/mol. The van der Waals surface area contributed by atoms with Gasteiger partial charge in [-0.15, -0.1) is 0 Å². The fourth-order valence-electron chi connectivity index (χ4n) is 11.8. The van der Waals surface area contributed by atoms with Crippen LogP contribution in [-0.4, -0.2) is 152 Å². The fourth-order valence-corrected chi connectivity index (χ4v) is 11.8. The van der Waals surface area contributed by atoms with Crippen molar-refractivity contribution < 1.29 is 69.6 Å². The van der Waals surface area contributed by atoms with E-state index < -0.39 is 96.5 Å². The molecule has 52 heavy (non-hydrogen) atoms. The summed E-state index contributed by atoms with van der Waals surface area (Å²) in [5, 5.41) is 98.2. The molecule has 2 aliphatic heterocycles. The molecular weight excluding hydrogens is 680 g/mol. The van der Waals surface area contributed by atoms with Gasteiger partial charge in [-0.3, -0.25) is 0 Å². The average Bonchev–Trinajstić information content (AvgIpc) is 3.37. The van der Waals surface area contributed by atoms with Crippen LogP contribution in [0.4, 0.5) is 0 Å². The van der Waals surface area contributed by atoms with Gasteiger partial charge in [0.15, 0.2) is 12.6 Å². The zero-order chi connectivity index (χ0) is 37.9. The standard InChI is InChI=1S/C38H64O14/c1-18(10-13-49-34-32(30(46)25(43)16-50-34)52-35-31(48-5)29(45)24(42)17-51-35)6-7-19(2)20-14-22(40)33-36(20,3)12-9-26-37(4)11-8-21(39)28(44)27(37)23(41)15-38(26,33)47/h6-7,18-35,39-47H,8-17H2,1-5H3/b7-6+/t18?,19-,20-,21+,22-,23+,24-,25+,26?,27?,28+,29+,30-,31-,32+,33?,34+,35+,36-,37-,38+/m1/s1. The lowest BCUT2D eigenvalue weighted by Gasteiger charge is -2.66. The van der Waals surface area contributed by atoms with Gasteiger partial charge in [0.1, 0.15) is 36.6 Å². The topological polar surface area (TPSA) is 228 Å². The van der Waals surface area contributed by atoms with Crippen molar-refractivity contribution in [3.63, 3.8) is 0 Å². The van der Waals surface area contributed by atoms with Gasteiger partial charge in [-0.05, 0) is 73.0 Å². The molecule has 0 aromatic rings. The molecule has 6 rings (SSSR count). The van der Waals surface area contributed by atoms with Crippen molar-refractivity contribution in [2.45, 2.75) is 152 Å². The molecule has 0 amide bonds. The van der Waals surface area contributed by atoms with E-state index in [1.807, 2.05) is 6.92 Å². The number of methoxy groups -OCH3 is 1. The van der Waals surface area contributed by atoms with Gasteiger partial charge in [-0.1, -0.05) is 39.8 Å². The van der Waals surface area contributed by atoms with Crippen LogP contribution in [0, 0.1) is 46.3 Å². The number of hydrogen-bond acceptors (Lipinski definition) is 14. The van der Waals surface area contributed by atoms with Crippen molar-refractivity contribution in [3.8, 4) is 0 Å². The fraction of sp³-hybridized carbons (Fsp3) is 0.947. The highest BCUT2D eigenvalue weighted by atomic mass is 16.8. The molecule has 0 aromatic heterocycles. The Balaban J connectivity index is 1.06. The largest absolute Gasteiger partial charge is 0.393 e. The molecule has 300 valence electrons. The number of fused-ring (bicyclic) bond motifs is 5. The second-order valence-corrected chi connectivity index (χ2v) is 17.6. The zero-order valence-corrected chi connectivity index (χ0v) is 31.2. The molecule has 4 unspecified atom stereocenters. The number of aliphatic hydroxyl groups excluding tert-OH is 8. The Hall–Kier alpha value is -0.820. The Bertz CT molecular complexity index is 1240. The molecule has 4 saturated carbocycles. The summed E-state index contributed by atoms with van der Waals surface area (Å²) in [4.78, 5) is 0. The second kappa shape index (κ2) is 15.6. The van der Waals surface area contributed by atoms with E-state index in [1.165, 1.54) is 7.11 Å². The molecule has 0 spiro atoms. The zero-order valence-electron chi connectivity index (χ0n) is 31.2. The van der Waals surface area contributed by atoms with E-state index in [9.17, 15) is 46.0 Å². The maximum atomic E-state index is 12.6. The van der Waals surface area contributed by atoms with Crippen molar-refractivity contribution in [2.75, 3.05) is 26.9 Å². The molecule has 0 aromatic carbocycles. The van der Waals surface area contributed by atoms with Crippen LogP contribution < -0.4 is 0 Å². The molecule has 6 aliphatic rings. The Morgan fingerprint density at radius 1 is 0.750 bits per heavy atom. The van der Waals surface area contributed by atoms with E-state index >= 15 is 0 Å². The third-order valence-electron chi connectivity index (χ3n) is 14.5. The number of allylic oxidation sites excluding steroid dienone is 2. The first-order chi connectivity index (χ1) is 24.5. The van der Waals surface area contributed by atoms with Gasteiger partial charge >= 0.3 is 0 Å². The van der Waals surface area contributed by atoms with E-state index in [4.69, 9.17) is 23.7 Å². The number of ether oxygens (including phenoxy) is 5. The van der Waals surface area contributed by atoms with Crippen molar-refractivity contribution >= 4 is 0 Å². The molecule has 6 fully saturated rings. The molecule has 21 atom stereocenters. The number of hydrogen-bond donors (Lipinski definition) is 9. The molecule has 0 bridgehead atoms. The van der Waals surface area contributed by atoms with Crippen LogP contribution in [0.15, 0.2) is 12.2 Å². The first kappa shape index (κ1) is 40.8. The third-order valence-corrected chi connectivity index (χ3v) is 14.5. The van der Waals surface area contributed by atoms with Crippen molar-refractivity contribution in [1.82, 2.24) is 0 Å². The van der Waals surface area contributed by atoms with Gasteiger partial charge in [0.2, 0.25) is 0 Å². The summed E-state index contributed by atoms with van der Waals surface area (Å²) >= 11 is 0. The van der Waals surface area contributed by atoms with Crippen LogP contribution in [-0.2, 0) is 23.7 Å². The van der Waals surface area contributed by atoms with E-state index in [2.05, 4.69) is 32.9 Å². The highest BCUT2D eigenvalue weighted by Crippen LogP contribution is 2.69. The van der Waals surface area contributed by atoms with Crippen LogP contribution in [0.25, 0.3) is 0 Å². The minimum absolute atomic E-state index is 0.0747. The van der Waals surface area contributed by atoms with E-state index in [1.54, 1.807) is 0 Å². The van der Waals surface area contributed by atoms with Gasteiger partial charge < -0.3 is 69.6 Å². The number of rotatable bonds is 10. The number of aliphatic hydroxyl groups is 9. The lowest BCUT2D eigenvalue weighted by molar-refractivity contribution is -0.345. The summed E-state index contributed by atoms with van der Waals surface area (Å²) < 4.78 is 28.4. The Morgan fingerprint density at radius 2 is 1.38 bits per heavy atom. The normalized spacial score (nSPS) is 53.6. The highest BCUT2D eigenvalue weighted by molar-refractivity contribution is 5.21. The van der Waals surface area contributed by atoms with Crippen LogP contribution >= 0.6 is 0 Å². The molecule has 2 saturated heterocycles. The van der Waals surface area contributed by atoms with Crippen molar-refractivity contribution in [2.24, 2.45) is 46.3 Å². The third kappa shape index (κ3) is 7.06. The molecule has 4 aliphatic carbocycles. The monoisotopic (exact) mass is 744 g/mol. The molecule has 9 N–H and O–H groups in total. The highest BCUT2D eigenvalue weighted by Gasteiger charge is 2.71. The summed E-state index contributed by atoms with van der Waals surface area (Å²) in [6.45, 7) is 8.31. The van der Waals surface area contributed by atoms with Gasteiger partial charge in [0.05, 0.1) is 49.8 Å². The summed E-state index contributed by atoms with van der Waals surface area (Å²) in [5.41, 5.74) is -2.21. The summed E-state index contributed by atoms with van der Waals surface area (Å²) in [5.74, 6) is -0.876. The minimum atomic E-state index is -1.36. The first-order valence-electron chi connectivity index (χ1n) is 19.4. The van der Waals surface area contributed by atoms with E-state index in [0.29, 0.717) is 25.7 Å². The summed E-state index contributed by atoms with van der Waals surface area (Å²) in [7, 11) is 1.34. The van der Waals surface area contributed by atoms with Crippen LogP contribution in [0.2, 0.25) is 0 Å². The van der Waals surface area contributed by atoms with Crippen molar-refractivity contribution in [3.05, 3.63) is 12.2 Å². The first-order valence-corrected chi connectivity index (χ1v) is 19.4. The van der Waals surface area contributed by atoms with Crippen molar-refractivity contribution in [1.29, 1.82) is 0 Å². The van der Waals surface area contributed by atoms with Crippen LogP contribution in [0.5, 0.6) is 0 Å². The molecule has 14 nitrogen and oxygen atoms in total. The predicted molar refractivity (Wildman–Crippen MR) is 184 cm³/mol. The lowest BCUT2D eigenvalue weighted by Crippen LogP contribution is -2.70. The molecule has 2 heterocycles. The van der Waals surface area contributed by atoms with Gasteiger partial charge in [0.25, 0.3) is 0 Å². The second-order valence-electron chi connectivity index (χ2n) is 17.6. The molecular formula is C38H64O14. The Kier molecular flexibility index (Phi) is 12.3. The van der Waals surface area contributed by atoms with Crippen LogP contribution in [0.1, 0.15) is 72.6 Å². The van der Waals surface area contributed by atoms with E-state index in [0.717, 1.165) is 12.8 Å². The SMILES string of the molecule is CO[C@H]1[C@H](O[C@@H]2[C@@H](OCCC(C)/C=C/[C@@H](C)[C@H]3C[C@@H](O)C4[C@]5(O)C[C@H](O)C6[C@@H](O)[C@@H](O)CC[C@]6(C)C5CC[C@@]43C)OC[C@H](O)[C@H]2O)OC[C@@H](O)[C@@H]1O. The summed E-state index contributed by atoms with van der Waals surface area (Å²) in [6.07, 6.45) is -4.96. The minimum Gasteiger partial charge on any atom is -0.393 e. The van der Waals surface area contributed by atoms with Gasteiger partial charge in [0, 0.05) is 25.4 Å². The quantitative estimate of drug-likeness (QED) is 0.132.